The molecule has 2 heterocycles. The van der Waals surface area contributed by atoms with Gasteiger partial charge in [-0.15, -0.1) is 0 Å². The number of rotatable bonds is 3. The molecule has 104 valence electrons. The molecule has 4 nitrogen and oxygen atoms in total. The minimum absolute atomic E-state index is 0.465. The number of aliphatic hydroxyl groups is 1. The molecule has 20 heavy (non-hydrogen) atoms. The van der Waals surface area contributed by atoms with Gasteiger partial charge in [-0.05, 0) is 24.6 Å². The molecule has 1 unspecified atom stereocenters. The smallest absolute Gasteiger partial charge is 0.167 e. The van der Waals surface area contributed by atoms with E-state index in [1.54, 1.807) is 6.20 Å². The molecule has 0 spiro atoms. The maximum Gasteiger partial charge on any atom is 0.167 e. The van der Waals surface area contributed by atoms with Crippen molar-refractivity contribution in [2.24, 2.45) is 0 Å². The third-order valence-electron chi connectivity index (χ3n) is 3.46. The molecule has 1 aliphatic heterocycles. The van der Waals surface area contributed by atoms with Gasteiger partial charge in [-0.3, -0.25) is 4.98 Å². The van der Waals surface area contributed by atoms with E-state index in [0.717, 1.165) is 16.8 Å². The van der Waals surface area contributed by atoms with Crippen LogP contribution in [-0.2, 0) is 6.42 Å². The molecule has 0 bridgehead atoms. The largest absolute Gasteiger partial charge is 0.486 e. The first kappa shape index (κ1) is 12.9. The van der Waals surface area contributed by atoms with Crippen LogP contribution in [0.25, 0.3) is 0 Å². The lowest BCUT2D eigenvalue weighted by Gasteiger charge is -2.23. The van der Waals surface area contributed by atoms with Crippen molar-refractivity contribution in [3.05, 3.63) is 53.3 Å². The van der Waals surface area contributed by atoms with Crippen molar-refractivity contribution in [2.75, 3.05) is 13.2 Å². The average Bonchev–Trinajstić information content (AvgIpc) is 2.49. The van der Waals surface area contributed by atoms with Crippen LogP contribution in [-0.4, -0.2) is 23.3 Å². The molecular weight excluding hydrogens is 254 g/mol. The second kappa shape index (κ2) is 5.51. The van der Waals surface area contributed by atoms with Gasteiger partial charge in [-0.2, -0.15) is 0 Å². The van der Waals surface area contributed by atoms with Gasteiger partial charge in [-0.1, -0.05) is 18.2 Å². The van der Waals surface area contributed by atoms with Gasteiger partial charge in [0.25, 0.3) is 0 Å². The number of hydrogen-bond donors (Lipinski definition) is 1. The maximum absolute atomic E-state index is 10.5. The van der Waals surface area contributed by atoms with Gasteiger partial charge >= 0.3 is 0 Å². The Balaban J connectivity index is 1.88. The highest BCUT2D eigenvalue weighted by molar-refractivity contribution is 5.48. The summed E-state index contributed by atoms with van der Waals surface area (Å²) in [4.78, 5) is 4.32. The molecule has 1 N–H and O–H groups in total. The lowest BCUT2D eigenvalue weighted by molar-refractivity contribution is 0.145. The molecule has 0 aliphatic carbocycles. The molecule has 3 rings (SSSR count). The van der Waals surface area contributed by atoms with Gasteiger partial charge in [-0.25, -0.2) is 0 Å². The van der Waals surface area contributed by atoms with Crippen LogP contribution >= 0.6 is 0 Å². The minimum Gasteiger partial charge on any atom is -0.486 e. The van der Waals surface area contributed by atoms with Gasteiger partial charge in [0, 0.05) is 23.9 Å². The second-order valence-corrected chi connectivity index (χ2v) is 4.86. The van der Waals surface area contributed by atoms with Crippen LogP contribution in [0.5, 0.6) is 11.5 Å². The van der Waals surface area contributed by atoms with E-state index < -0.39 is 6.10 Å². The molecule has 0 amide bonds. The zero-order valence-corrected chi connectivity index (χ0v) is 11.4. The zero-order valence-electron chi connectivity index (χ0n) is 11.4. The van der Waals surface area contributed by atoms with Crippen LogP contribution in [0.4, 0.5) is 0 Å². The van der Waals surface area contributed by atoms with Gasteiger partial charge in [0.2, 0.25) is 0 Å². The monoisotopic (exact) mass is 271 g/mol. The first-order valence-electron chi connectivity index (χ1n) is 6.73. The highest BCUT2D eigenvalue weighted by Crippen LogP contribution is 2.37. The molecule has 1 aliphatic rings. The van der Waals surface area contributed by atoms with Gasteiger partial charge < -0.3 is 14.6 Å². The number of benzene rings is 1. The lowest BCUT2D eigenvalue weighted by atomic mass is 10.0. The Hall–Kier alpha value is -2.07. The fourth-order valence-electron chi connectivity index (χ4n) is 2.38. The summed E-state index contributed by atoms with van der Waals surface area (Å²) < 4.78 is 11.2. The lowest BCUT2D eigenvalue weighted by Crippen LogP contribution is -2.18. The van der Waals surface area contributed by atoms with E-state index in [1.165, 1.54) is 0 Å². The highest BCUT2D eigenvalue weighted by atomic mass is 16.6. The Morgan fingerprint density at radius 1 is 1.20 bits per heavy atom. The Bertz CT molecular complexity index is 612. The van der Waals surface area contributed by atoms with E-state index in [-0.39, 0.29) is 0 Å². The Morgan fingerprint density at radius 2 is 2.05 bits per heavy atom. The first-order valence-corrected chi connectivity index (χ1v) is 6.73. The Morgan fingerprint density at radius 3 is 2.90 bits per heavy atom. The van der Waals surface area contributed by atoms with Gasteiger partial charge in [0.1, 0.15) is 13.2 Å². The molecule has 4 heteroatoms. The fraction of sp³-hybridized carbons (Fsp3) is 0.312. The van der Waals surface area contributed by atoms with Crippen LogP contribution in [0.3, 0.4) is 0 Å². The molecule has 0 saturated heterocycles. The van der Waals surface area contributed by atoms with Crippen molar-refractivity contribution < 1.29 is 14.6 Å². The van der Waals surface area contributed by atoms with Gasteiger partial charge in [0.05, 0.1) is 6.10 Å². The number of pyridine rings is 1. The van der Waals surface area contributed by atoms with E-state index in [1.807, 2.05) is 37.3 Å². The van der Waals surface area contributed by atoms with Crippen molar-refractivity contribution in [2.45, 2.75) is 19.4 Å². The summed E-state index contributed by atoms with van der Waals surface area (Å²) in [6, 6.07) is 9.49. The number of hydrogen-bond acceptors (Lipinski definition) is 4. The standard InChI is InChI=1S/C16H17NO3/c1-11-4-3-7-17-13(11)10-14(18)12-5-2-6-15-16(12)20-9-8-19-15/h2-7,14,18H,8-10H2,1H3. The van der Waals surface area contributed by atoms with Crippen molar-refractivity contribution in [3.8, 4) is 11.5 Å². The van der Waals surface area contributed by atoms with Crippen LogP contribution in [0.1, 0.15) is 22.9 Å². The third kappa shape index (κ3) is 2.47. The maximum atomic E-state index is 10.5. The molecule has 0 fully saturated rings. The molecule has 1 aromatic heterocycles. The van der Waals surface area contributed by atoms with E-state index >= 15 is 0 Å². The number of aryl methyl sites for hydroxylation is 1. The summed E-state index contributed by atoms with van der Waals surface area (Å²) in [6.45, 7) is 3.06. The normalized spacial score (nSPS) is 14.9. The van der Waals surface area contributed by atoms with Crippen LogP contribution < -0.4 is 9.47 Å². The highest BCUT2D eigenvalue weighted by Gasteiger charge is 2.21. The third-order valence-corrected chi connectivity index (χ3v) is 3.46. The van der Waals surface area contributed by atoms with E-state index in [0.29, 0.717) is 31.1 Å². The summed E-state index contributed by atoms with van der Waals surface area (Å²) in [6.07, 6.45) is 1.56. The predicted molar refractivity (Wildman–Crippen MR) is 75.1 cm³/mol. The van der Waals surface area contributed by atoms with Crippen molar-refractivity contribution in [1.29, 1.82) is 0 Å². The summed E-state index contributed by atoms with van der Waals surface area (Å²) in [5.74, 6) is 1.35. The fourth-order valence-corrected chi connectivity index (χ4v) is 2.38. The molecule has 1 aromatic carbocycles. The quantitative estimate of drug-likeness (QED) is 0.931. The number of ether oxygens (including phenoxy) is 2. The van der Waals surface area contributed by atoms with E-state index in [9.17, 15) is 5.11 Å². The molecule has 0 saturated carbocycles. The number of aliphatic hydroxyl groups excluding tert-OH is 1. The SMILES string of the molecule is Cc1cccnc1CC(O)c1cccc2c1OCCO2. The summed E-state index contributed by atoms with van der Waals surface area (Å²) in [5.41, 5.74) is 2.73. The van der Waals surface area contributed by atoms with Crippen LogP contribution in [0, 0.1) is 6.92 Å². The summed E-state index contributed by atoms with van der Waals surface area (Å²) in [5, 5.41) is 10.5. The van der Waals surface area contributed by atoms with E-state index in [4.69, 9.17) is 9.47 Å². The van der Waals surface area contributed by atoms with Crippen molar-refractivity contribution >= 4 is 0 Å². The van der Waals surface area contributed by atoms with Crippen molar-refractivity contribution in [1.82, 2.24) is 4.98 Å². The zero-order chi connectivity index (χ0) is 13.9. The number of para-hydroxylation sites is 1. The van der Waals surface area contributed by atoms with Crippen LogP contribution in [0.2, 0.25) is 0 Å². The Labute approximate surface area is 118 Å². The molecule has 0 radical (unpaired) electrons. The van der Waals surface area contributed by atoms with Crippen LogP contribution in [0.15, 0.2) is 36.5 Å². The molecule has 2 aromatic rings. The van der Waals surface area contributed by atoms with E-state index in [2.05, 4.69) is 4.98 Å². The minimum atomic E-state index is -0.653. The second-order valence-electron chi connectivity index (χ2n) is 4.86. The Kier molecular flexibility index (Phi) is 3.56. The summed E-state index contributed by atoms with van der Waals surface area (Å²) in [7, 11) is 0. The number of aromatic nitrogens is 1. The number of nitrogens with zero attached hydrogens (tertiary/aromatic N) is 1. The number of fused-ring (bicyclic) bond motifs is 1. The predicted octanol–water partition coefficient (Wildman–Crippen LogP) is 2.44. The summed E-state index contributed by atoms with van der Waals surface area (Å²) >= 11 is 0. The molecule has 1 atom stereocenters. The first-order chi connectivity index (χ1) is 9.75. The topological polar surface area (TPSA) is 51.6 Å². The average molecular weight is 271 g/mol. The van der Waals surface area contributed by atoms with Gasteiger partial charge in [0.15, 0.2) is 11.5 Å². The van der Waals surface area contributed by atoms with Crippen molar-refractivity contribution in [3.63, 3.8) is 0 Å². The molecular formula is C16H17NO3.